The maximum Gasteiger partial charge on any atom is 0.317 e. The number of likely N-dealkylation sites (tertiary alicyclic amines) is 1. The van der Waals surface area contributed by atoms with Crippen LogP contribution in [0.3, 0.4) is 0 Å². The van der Waals surface area contributed by atoms with Crippen molar-refractivity contribution in [3.63, 3.8) is 0 Å². The SMILES string of the molecule is CC(CS(C)(=O)=O)NC(=O)N1CCCC(CC(=O)O)C1. The third-order valence-corrected chi connectivity index (χ3v) is 4.30. The number of carboxylic acids is 1. The Hall–Kier alpha value is -1.31. The van der Waals surface area contributed by atoms with Crippen molar-refractivity contribution < 1.29 is 23.1 Å². The first-order chi connectivity index (χ1) is 9.17. The lowest BCUT2D eigenvalue weighted by Gasteiger charge is -2.33. The molecule has 8 heteroatoms. The number of carbonyl (C=O) groups excluding carboxylic acids is 1. The Morgan fingerprint density at radius 3 is 2.65 bits per heavy atom. The molecule has 1 rings (SSSR count). The Bertz CT molecular complexity index is 462. The zero-order valence-electron chi connectivity index (χ0n) is 11.8. The highest BCUT2D eigenvalue weighted by atomic mass is 32.2. The Balaban J connectivity index is 2.48. The van der Waals surface area contributed by atoms with E-state index in [1.807, 2.05) is 0 Å². The van der Waals surface area contributed by atoms with Gasteiger partial charge in [0.05, 0.1) is 5.75 Å². The number of nitrogens with zero attached hydrogens (tertiary/aromatic N) is 1. The summed E-state index contributed by atoms with van der Waals surface area (Å²) >= 11 is 0. The molecule has 1 fully saturated rings. The molecule has 0 aromatic rings. The third-order valence-electron chi connectivity index (χ3n) is 3.19. The molecule has 0 radical (unpaired) electrons. The molecule has 2 amide bonds. The summed E-state index contributed by atoms with van der Waals surface area (Å²) in [6.07, 6.45) is 2.75. The van der Waals surface area contributed by atoms with Gasteiger partial charge in [-0.2, -0.15) is 0 Å². The molecule has 1 aliphatic rings. The largest absolute Gasteiger partial charge is 0.481 e. The normalized spacial score (nSPS) is 21.3. The molecule has 20 heavy (non-hydrogen) atoms. The van der Waals surface area contributed by atoms with Gasteiger partial charge in [0.1, 0.15) is 9.84 Å². The number of urea groups is 1. The minimum Gasteiger partial charge on any atom is -0.481 e. The first-order valence-electron chi connectivity index (χ1n) is 6.62. The summed E-state index contributed by atoms with van der Waals surface area (Å²) in [5.41, 5.74) is 0. The van der Waals surface area contributed by atoms with Gasteiger partial charge >= 0.3 is 12.0 Å². The highest BCUT2D eigenvalue weighted by Crippen LogP contribution is 2.19. The van der Waals surface area contributed by atoms with Gasteiger partial charge in [0, 0.05) is 31.8 Å². The zero-order chi connectivity index (χ0) is 15.3. The molecule has 0 bridgehead atoms. The van der Waals surface area contributed by atoms with Crippen LogP contribution in [0, 0.1) is 5.92 Å². The number of carboxylic acid groups (broad SMARTS) is 1. The molecule has 1 saturated heterocycles. The van der Waals surface area contributed by atoms with E-state index < -0.39 is 21.8 Å². The molecule has 2 unspecified atom stereocenters. The number of carbonyl (C=O) groups is 2. The summed E-state index contributed by atoms with van der Waals surface area (Å²) in [7, 11) is -3.14. The number of rotatable bonds is 5. The van der Waals surface area contributed by atoms with Crippen molar-refractivity contribution in [2.75, 3.05) is 25.1 Å². The summed E-state index contributed by atoms with van der Waals surface area (Å²) < 4.78 is 22.3. The standard InChI is InChI=1S/C12H22N2O5S/c1-9(8-20(2,18)19)13-12(17)14-5-3-4-10(7-14)6-11(15)16/h9-10H,3-8H2,1-2H3,(H,13,17)(H,15,16). The van der Waals surface area contributed by atoms with Crippen LogP contribution in [0.2, 0.25) is 0 Å². The Kier molecular flexibility index (Phi) is 5.79. The maximum absolute atomic E-state index is 12.0. The van der Waals surface area contributed by atoms with Crippen LogP contribution in [-0.4, -0.2) is 61.6 Å². The van der Waals surface area contributed by atoms with Gasteiger partial charge in [0.15, 0.2) is 0 Å². The number of amides is 2. The van der Waals surface area contributed by atoms with E-state index in [0.29, 0.717) is 13.1 Å². The molecular weight excluding hydrogens is 284 g/mol. The van der Waals surface area contributed by atoms with E-state index in [1.54, 1.807) is 11.8 Å². The molecule has 0 aromatic carbocycles. The number of hydrogen-bond donors (Lipinski definition) is 2. The second kappa shape index (κ2) is 6.92. The Morgan fingerprint density at radius 1 is 1.45 bits per heavy atom. The molecule has 0 aliphatic carbocycles. The minimum absolute atomic E-state index is 0.0304. The molecule has 0 aromatic heterocycles. The predicted octanol–water partition coefficient (Wildman–Crippen LogP) is 0.316. The summed E-state index contributed by atoms with van der Waals surface area (Å²) in [6, 6.07) is -0.784. The van der Waals surface area contributed by atoms with E-state index >= 15 is 0 Å². The fourth-order valence-corrected chi connectivity index (χ4v) is 3.45. The van der Waals surface area contributed by atoms with Crippen molar-refractivity contribution in [3.8, 4) is 0 Å². The van der Waals surface area contributed by atoms with Crippen LogP contribution in [0.5, 0.6) is 0 Å². The van der Waals surface area contributed by atoms with Crippen LogP contribution in [-0.2, 0) is 14.6 Å². The van der Waals surface area contributed by atoms with Gasteiger partial charge < -0.3 is 15.3 Å². The van der Waals surface area contributed by atoms with Gasteiger partial charge in [-0.3, -0.25) is 4.79 Å². The smallest absolute Gasteiger partial charge is 0.317 e. The number of sulfone groups is 1. The fourth-order valence-electron chi connectivity index (χ4n) is 2.46. The third kappa shape index (κ3) is 6.23. The van der Waals surface area contributed by atoms with E-state index in [0.717, 1.165) is 19.1 Å². The van der Waals surface area contributed by atoms with Gasteiger partial charge in [0.2, 0.25) is 0 Å². The highest BCUT2D eigenvalue weighted by molar-refractivity contribution is 7.90. The van der Waals surface area contributed by atoms with E-state index in [9.17, 15) is 18.0 Å². The molecule has 1 aliphatic heterocycles. The lowest BCUT2D eigenvalue weighted by atomic mass is 9.95. The van der Waals surface area contributed by atoms with Crippen LogP contribution in [0.1, 0.15) is 26.2 Å². The van der Waals surface area contributed by atoms with Crippen LogP contribution >= 0.6 is 0 Å². The van der Waals surface area contributed by atoms with Crippen molar-refractivity contribution in [1.29, 1.82) is 0 Å². The molecule has 116 valence electrons. The molecule has 1 heterocycles. The van der Waals surface area contributed by atoms with Crippen LogP contribution in [0.15, 0.2) is 0 Å². The summed E-state index contributed by atoms with van der Waals surface area (Å²) in [5, 5.41) is 11.4. The van der Waals surface area contributed by atoms with E-state index in [2.05, 4.69) is 5.32 Å². The van der Waals surface area contributed by atoms with Crippen molar-refractivity contribution in [1.82, 2.24) is 10.2 Å². The minimum atomic E-state index is -3.14. The van der Waals surface area contributed by atoms with E-state index in [1.165, 1.54) is 0 Å². The average Bonchev–Trinajstić information content (AvgIpc) is 2.25. The van der Waals surface area contributed by atoms with E-state index in [4.69, 9.17) is 5.11 Å². The lowest BCUT2D eigenvalue weighted by Crippen LogP contribution is -2.49. The van der Waals surface area contributed by atoms with Gasteiger partial charge in [0.25, 0.3) is 0 Å². The maximum atomic E-state index is 12.0. The monoisotopic (exact) mass is 306 g/mol. The van der Waals surface area contributed by atoms with Crippen LogP contribution < -0.4 is 5.32 Å². The highest BCUT2D eigenvalue weighted by Gasteiger charge is 2.26. The molecule has 2 atom stereocenters. The number of piperidine rings is 1. The zero-order valence-corrected chi connectivity index (χ0v) is 12.6. The number of nitrogens with one attached hydrogen (secondary N) is 1. The van der Waals surface area contributed by atoms with Crippen molar-refractivity contribution in [3.05, 3.63) is 0 Å². The Morgan fingerprint density at radius 2 is 2.10 bits per heavy atom. The lowest BCUT2D eigenvalue weighted by molar-refractivity contribution is -0.138. The quantitative estimate of drug-likeness (QED) is 0.761. The first-order valence-corrected chi connectivity index (χ1v) is 8.68. The van der Waals surface area contributed by atoms with Crippen LogP contribution in [0.25, 0.3) is 0 Å². The van der Waals surface area contributed by atoms with Gasteiger partial charge in [-0.25, -0.2) is 13.2 Å². The Labute approximate surface area is 119 Å². The van der Waals surface area contributed by atoms with Crippen LogP contribution in [0.4, 0.5) is 4.79 Å². The molecule has 0 spiro atoms. The second-order valence-electron chi connectivity index (χ2n) is 5.50. The summed E-state index contributed by atoms with van der Waals surface area (Å²) in [4.78, 5) is 24.3. The number of hydrogen-bond acceptors (Lipinski definition) is 4. The topological polar surface area (TPSA) is 104 Å². The van der Waals surface area contributed by atoms with Gasteiger partial charge in [-0.05, 0) is 25.7 Å². The fraction of sp³-hybridized carbons (Fsp3) is 0.833. The van der Waals surface area contributed by atoms with Crippen molar-refractivity contribution in [2.45, 2.75) is 32.2 Å². The molecule has 0 saturated carbocycles. The molecule has 2 N–H and O–H groups in total. The summed E-state index contributed by atoms with van der Waals surface area (Å²) in [6.45, 7) is 2.62. The number of aliphatic carboxylic acids is 1. The predicted molar refractivity (Wildman–Crippen MR) is 74.3 cm³/mol. The molecular formula is C12H22N2O5S. The van der Waals surface area contributed by atoms with Crippen molar-refractivity contribution >= 4 is 21.8 Å². The van der Waals surface area contributed by atoms with Crippen molar-refractivity contribution in [2.24, 2.45) is 5.92 Å². The van der Waals surface area contributed by atoms with Gasteiger partial charge in [-0.15, -0.1) is 0 Å². The van der Waals surface area contributed by atoms with E-state index in [-0.39, 0.29) is 24.1 Å². The first kappa shape index (κ1) is 16.7. The molecule has 7 nitrogen and oxygen atoms in total. The second-order valence-corrected chi connectivity index (χ2v) is 7.68. The van der Waals surface area contributed by atoms with Gasteiger partial charge in [-0.1, -0.05) is 0 Å². The average molecular weight is 306 g/mol. The summed E-state index contributed by atoms with van der Waals surface area (Å²) in [5.74, 6) is -0.995.